The van der Waals surface area contributed by atoms with E-state index in [4.69, 9.17) is 4.74 Å². The quantitative estimate of drug-likeness (QED) is 0.799. The summed E-state index contributed by atoms with van der Waals surface area (Å²) in [4.78, 5) is 4.18. The molecular weight excluding hydrogens is 220 g/mol. The Morgan fingerprint density at radius 1 is 1.67 bits per heavy atom. The first-order valence-electron chi connectivity index (χ1n) is 3.89. The first-order valence-corrected chi connectivity index (χ1v) is 4.68. The molecule has 0 aliphatic rings. The lowest BCUT2D eigenvalue weighted by molar-refractivity contribution is 0.0599. The third kappa shape index (κ3) is 2.32. The van der Waals surface area contributed by atoms with E-state index in [-0.39, 0.29) is 6.10 Å². The van der Waals surface area contributed by atoms with Gasteiger partial charge in [-0.1, -0.05) is 0 Å². The molecule has 0 spiro atoms. The molecule has 0 radical (unpaired) electrons. The maximum Gasteiger partial charge on any atom is 0.135 e. The molecule has 0 atom stereocenters. The van der Waals surface area contributed by atoms with Crippen LogP contribution >= 0.6 is 15.9 Å². The highest BCUT2D eigenvalue weighted by molar-refractivity contribution is 9.10. The van der Waals surface area contributed by atoms with Crippen LogP contribution in [-0.2, 0) is 18.4 Å². The minimum Gasteiger partial charge on any atom is -0.371 e. The van der Waals surface area contributed by atoms with E-state index in [1.165, 1.54) is 0 Å². The van der Waals surface area contributed by atoms with Crippen LogP contribution in [0.15, 0.2) is 10.8 Å². The third-order valence-electron chi connectivity index (χ3n) is 1.57. The lowest BCUT2D eigenvalue weighted by Gasteiger charge is -2.06. The maximum atomic E-state index is 5.42. The van der Waals surface area contributed by atoms with Gasteiger partial charge in [-0.3, -0.25) is 0 Å². The van der Waals surface area contributed by atoms with E-state index in [0.717, 1.165) is 10.4 Å². The zero-order valence-corrected chi connectivity index (χ0v) is 9.13. The van der Waals surface area contributed by atoms with Crippen LogP contribution in [0.1, 0.15) is 19.7 Å². The van der Waals surface area contributed by atoms with Gasteiger partial charge in [0.15, 0.2) is 0 Å². The lowest BCUT2D eigenvalue weighted by atomic mass is 10.5. The zero-order chi connectivity index (χ0) is 9.14. The van der Waals surface area contributed by atoms with Crippen LogP contribution in [0.4, 0.5) is 0 Å². The van der Waals surface area contributed by atoms with Gasteiger partial charge in [-0.2, -0.15) is 0 Å². The number of imidazole rings is 1. The Morgan fingerprint density at radius 3 is 2.75 bits per heavy atom. The minimum absolute atomic E-state index is 0.250. The molecule has 0 bridgehead atoms. The molecule has 0 fully saturated rings. The van der Waals surface area contributed by atoms with Crippen LogP contribution in [0.5, 0.6) is 0 Å². The number of halogens is 1. The molecule has 0 aliphatic carbocycles. The summed E-state index contributed by atoms with van der Waals surface area (Å²) >= 11 is 3.37. The zero-order valence-electron chi connectivity index (χ0n) is 7.54. The lowest BCUT2D eigenvalue weighted by Crippen LogP contribution is -2.06. The summed E-state index contributed by atoms with van der Waals surface area (Å²) < 4.78 is 8.36. The Hall–Kier alpha value is -0.350. The monoisotopic (exact) mass is 232 g/mol. The predicted octanol–water partition coefficient (Wildman–Crippen LogP) is 2.11. The van der Waals surface area contributed by atoms with Crippen LogP contribution < -0.4 is 0 Å². The van der Waals surface area contributed by atoms with Gasteiger partial charge in [-0.05, 0) is 29.8 Å². The summed E-state index contributed by atoms with van der Waals surface area (Å²) in [5.41, 5.74) is 0. The number of hydrogen-bond acceptors (Lipinski definition) is 2. The van der Waals surface area contributed by atoms with Crippen molar-refractivity contribution in [2.75, 3.05) is 0 Å². The summed E-state index contributed by atoms with van der Waals surface area (Å²) in [5, 5.41) is 0. The summed E-state index contributed by atoms with van der Waals surface area (Å²) in [6, 6.07) is 0. The van der Waals surface area contributed by atoms with Crippen molar-refractivity contribution in [3.63, 3.8) is 0 Å². The van der Waals surface area contributed by atoms with Gasteiger partial charge in [-0.25, -0.2) is 4.98 Å². The fourth-order valence-corrected chi connectivity index (χ4v) is 1.11. The van der Waals surface area contributed by atoms with Crippen LogP contribution in [0, 0.1) is 0 Å². The molecule has 1 rings (SSSR count). The van der Waals surface area contributed by atoms with E-state index in [0.29, 0.717) is 6.61 Å². The SMILES string of the molecule is CC(C)OCc1ncc(Br)n1C. The molecule has 0 aliphatic heterocycles. The number of aromatic nitrogens is 2. The van der Waals surface area contributed by atoms with Crippen LogP contribution in [-0.4, -0.2) is 15.7 Å². The smallest absolute Gasteiger partial charge is 0.135 e. The first-order chi connectivity index (χ1) is 5.61. The van der Waals surface area contributed by atoms with Crippen molar-refractivity contribution in [1.29, 1.82) is 0 Å². The van der Waals surface area contributed by atoms with Crippen LogP contribution in [0.3, 0.4) is 0 Å². The molecule has 1 aromatic heterocycles. The number of nitrogens with zero attached hydrogens (tertiary/aromatic N) is 2. The van der Waals surface area contributed by atoms with Crippen molar-refractivity contribution < 1.29 is 4.74 Å². The number of rotatable bonds is 3. The molecular formula is C8H13BrN2O. The molecule has 12 heavy (non-hydrogen) atoms. The molecule has 0 N–H and O–H groups in total. The van der Waals surface area contributed by atoms with Gasteiger partial charge in [0.2, 0.25) is 0 Å². The number of hydrogen-bond donors (Lipinski definition) is 0. The summed E-state index contributed by atoms with van der Waals surface area (Å²) in [7, 11) is 1.95. The van der Waals surface area contributed by atoms with Crippen molar-refractivity contribution in [3.05, 3.63) is 16.6 Å². The Kier molecular flexibility index (Phi) is 3.29. The second-order valence-electron chi connectivity index (χ2n) is 2.92. The van der Waals surface area contributed by atoms with Crippen LogP contribution in [0.25, 0.3) is 0 Å². The molecule has 0 unspecified atom stereocenters. The van der Waals surface area contributed by atoms with E-state index in [1.807, 2.05) is 25.5 Å². The van der Waals surface area contributed by atoms with Gasteiger partial charge in [-0.15, -0.1) is 0 Å². The molecule has 4 heteroatoms. The Bertz CT molecular complexity index is 258. The molecule has 1 aromatic rings. The average molecular weight is 233 g/mol. The minimum atomic E-state index is 0.250. The van der Waals surface area contributed by atoms with Gasteiger partial charge < -0.3 is 9.30 Å². The first kappa shape index (κ1) is 9.74. The summed E-state index contributed by atoms with van der Waals surface area (Å²) in [5.74, 6) is 0.940. The normalized spacial score (nSPS) is 11.1. The van der Waals surface area contributed by atoms with Crippen molar-refractivity contribution in [1.82, 2.24) is 9.55 Å². The standard InChI is InChI=1S/C8H13BrN2O/c1-6(2)12-5-8-10-4-7(9)11(8)3/h4,6H,5H2,1-3H3. The Balaban J connectivity index is 2.58. The largest absolute Gasteiger partial charge is 0.371 e. The molecule has 0 saturated heterocycles. The van der Waals surface area contributed by atoms with Crippen molar-refractivity contribution in [2.45, 2.75) is 26.6 Å². The van der Waals surface area contributed by atoms with E-state index >= 15 is 0 Å². The predicted molar refractivity (Wildman–Crippen MR) is 50.8 cm³/mol. The highest BCUT2D eigenvalue weighted by atomic mass is 79.9. The van der Waals surface area contributed by atoms with Gasteiger partial charge in [0.25, 0.3) is 0 Å². The van der Waals surface area contributed by atoms with Gasteiger partial charge >= 0.3 is 0 Å². The topological polar surface area (TPSA) is 27.1 Å². The Labute approximate surface area is 80.9 Å². The second kappa shape index (κ2) is 4.05. The van der Waals surface area contributed by atoms with E-state index in [1.54, 1.807) is 6.20 Å². The molecule has 0 aromatic carbocycles. The molecule has 1 heterocycles. The van der Waals surface area contributed by atoms with E-state index < -0.39 is 0 Å². The van der Waals surface area contributed by atoms with Crippen molar-refractivity contribution in [3.8, 4) is 0 Å². The fraction of sp³-hybridized carbons (Fsp3) is 0.625. The summed E-state index contributed by atoms with van der Waals surface area (Å²) in [6.07, 6.45) is 2.03. The van der Waals surface area contributed by atoms with Crippen molar-refractivity contribution in [2.24, 2.45) is 7.05 Å². The molecule has 3 nitrogen and oxygen atoms in total. The maximum absolute atomic E-state index is 5.42. The second-order valence-corrected chi connectivity index (χ2v) is 3.73. The molecule has 0 amide bonds. The Morgan fingerprint density at radius 2 is 2.33 bits per heavy atom. The summed E-state index contributed by atoms with van der Waals surface area (Å²) in [6.45, 7) is 4.59. The molecule has 68 valence electrons. The van der Waals surface area contributed by atoms with Crippen LogP contribution in [0.2, 0.25) is 0 Å². The fourth-order valence-electron chi connectivity index (χ4n) is 0.800. The van der Waals surface area contributed by atoms with E-state index in [9.17, 15) is 0 Å². The van der Waals surface area contributed by atoms with E-state index in [2.05, 4.69) is 20.9 Å². The molecule has 0 saturated carbocycles. The third-order valence-corrected chi connectivity index (χ3v) is 2.31. The highest BCUT2D eigenvalue weighted by Gasteiger charge is 2.04. The van der Waals surface area contributed by atoms with Gasteiger partial charge in [0.1, 0.15) is 17.0 Å². The average Bonchev–Trinajstić information content (AvgIpc) is 2.30. The number of ether oxygens (including phenoxy) is 1. The highest BCUT2D eigenvalue weighted by Crippen LogP contribution is 2.11. The van der Waals surface area contributed by atoms with Gasteiger partial charge in [0, 0.05) is 7.05 Å². The van der Waals surface area contributed by atoms with Crippen molar-refractivity contribution >= 4 is 15.9 Å². The van der Waals surface area contributed by atoms with Gasteiger partial charge in [0.05, 0.1) is 12.3 Å².